The van der Waals surface area contributed by atoms with Gasteiger partial charge in [0.05, 0.1) is 0 Å². The van der Waals surface area contributed by atoms with Gasteiger partial charge in [-0.1, -0.05) is 66.7 Å². The molecule has 4 rings (SSSR count). The van der Waals surface area contributed by atoms with Crippen LogP contribution in [0, 0.1) is 11.2 Å². The molecule has 1 unspecified atom stereocenters. The molecule has 0 heterocycles. The number of nitrogens with one attached hydrogen (secondary N) is 1. The van der Waals surface area contributed by atoms with E-state index in [-0.39, 0.29) is 0 Å². The molecule has 4 aromatic rings. The van der Waals surface area contributed by atoms with Crippen molar-refractivity contribution >= 4 is 36.2 Å². The van der Waals surface area contributed by atoms with Gasteiger partial charge in [-0.3, -0.25) is 9.59 Å². The van der Waals surface area contributed by atoms with Crippen molar-refractivity contribution in [3.8, 4) is 11.1 Å². The van der Waals surface area contributed by atoms with Crippen LogP contribution in [0.1, 0.15) is 33.3 Å². The minimum Gasteiger partial charge on any atom is -0.398 e. The van der Waals surface area contributed by atoms with Crippen LogP contribution in [0.15, 0.2) is 97.1 Å². The summed E-state index contributed by atoms with van der Waals surface area (Å²) < 4.78 is 18.2. The van der Waals surface area contributed by atoms with Crippen molar-refractivity contribution in [1.29, 1.82) is 5.41 Å². The molecule has 7 nitrogen and oxygen atoms in total. The Balaban J connectivity index is 0.000000449. The van der Waals surface area contributed by atoms with Crippen molar-refractivity contribution in [2.75, 3.05) is 31.9 Å². The lowest BCUT2D eigenvalue weighted by Crippen LogP contribution is -2.23. The fourth-order valence-electron chi connectivity index (χ4n) is 3.67. The number of aliphatic hydroxyl groups is 1. The maximum atomic E-state index is 14.0. The molecule has 0 aromatic heterocycles. The summed E-state index contributed by atoms with van der Waals surface area (Å²) in [4.78, 5) is 22.1. The zero-order valence-electron chi connectivity index (χ0n) is 23.2. The van der Waals surface area contributed by atoms with E-state index in [1.807, 2.05) is 42.5 Å². The zero-order valence-corrected chi connectivity index (χ0v) is 23.2. The normalized spacial score (nSPS) is 10.9. The molecule has 0 spiro atoms. The molecule has 0 radical (unpaired) electrons. The summed E-state index contributed by atoms with van der Waals surface area (Å²) in [5.74, 6) is -0.460. The summed E-state index contributed by atoms with van der Waals surface area (Å²) in [7, 11) is 4.91. The number of nitrogens with zero attached hydrogens (tertiary/aromatic N) is 1. The Morgan fingerprint density at radius 2 is 1.54 bits per heavy atom. The number of rotatable bonds is 8. The Kier molecular flexibility index (Phi) is 13.3. The minimum atomic E-state index is -0.993. The molecule has 41 heavy (non-hydrogen) atoms. The van der Waals surface area contributed by atoms with Gasteiger partial charge in [0.2, 0.25) is 0 Å². The minimum absolute atomic E-state index is 0.460. The van der Waals surface area contributed by atoms with Crippen LogP contribution in [0.2, 0.25) is 0 Å². The van der Waals surface area contributed by atoms with Crippen LogP contribution in [0.3, 0.4) is 0 Å². The first-order valence-corrected chi connectivity index (χ1v) is 12.5. The smallest absolute Gasteiger partial charge is 0.153 e. The van der Waals surface area contributed by atoms with E-state index in [2.05, 4.69) is 4.74 Å². The summed E-state index contributed by atoms with van der Waals surface area (Å²) >= 11 is 0. The summed E-state index contributed by atoms with van der Waals surface area (Å²) in [6.07, 6.45) is 4.46. The number of benzene rings is 4. The number of ether oxygens (including phenoxy) is 1. The molecular weight excluding hydrogens is 521 g/mol. The van der Waals surface area contributed by atoms with E-state index in [1.54, 1.807) is 62.6 Å². The third kappa shape index (κ3) is 9.96. The number of hydrogen-bond acceptors (Lipinski definition) is 7. The number of anilines is 2. The molecule has 0 amide bonds. The van der Waals surface area contributed by atoms with E-state index < -0.39 is 12.0 Å². The lowest BCUT2D eigenvalue weighted by molar-refractivity contribution is -0.104. The molecule has 212 valence electrons. The quantitative estimate of drug-likeness (QED) is 0.0787. The molecule has 0 saturated carbocycles. The number of aldehydes is 2. The fraction of sp³-hybridized carbons (Fsp3) is 0.121. The highest BCUT2D eigenvalue weighted by molar-refractivity contribution is 5.87. The van der Waals surface area contributed by atoms with Crippen molar-refractivity contribution in [2.45, 2.75) is 6.23 Å². The molecule has 1 atom stereocenters. The predicted octanol–water partition coefficient (Wildman–Crippen LogP) is 6.17. The van der Waals surface area contributed by atoms with Gasteiger partial charge in [-0.2, -0.15) is 0 Å². The van der Waals surface area contributed by atoms with Crippen molar-refractivity contribution in [2.24, 2.45) is 0 Å². The largest absolute Gasteiger partial charge is 0.398 e. The fourth-order valence-corrected chi connectivity index (χ4v) is 3.67. The Labute approximate surface area is 239 Å². The predicted molar refractivity (Wildman–Crippen MR) is 164 cm³/mol. The van der Waals surface area contributed by atoms with Gasteiger partial charge in [-0.05, 0) is 53.1 Å². The number of aliphatic hydroxyl groups excluding tert-OH is 1. The third-order valence-corrected chi connectivity index (χ3v) is 5.77. The third-order valence-electron chi connectivity index (χ3n) is 5.77. The van der Waals surface area contributed by atoms with Gasteiger partial charge in [0.1, 0.15) is 18.4 Å². The highest BCUT2D eigenvalue weighted by Crippen LogP contribution is 2.29. The van der Waals surface area contributed by atoms with E-state index in [0.717, 1.165) is 23.0 Å². The molecule has 0 fully saturated rings. The maximum absolute atomic E-state index is 14.0. The second-order valence-electron chi connectivity index (χ2n) is 8.77. The van der Waals surface area contributed by atoms with Crippen molar-refractivity contribution in [3.05, 3.63) is 125 Å². The van der Waals surface area contributed by atoms with E-state index in [4.69, 9.17) is 11.1 Å². The van der Waals surface area contributed by atoms with Gasteiger partial charge in [0.25, 0.3) is 0 Å². The van der Waals surface area contributed by atoms with E-state index >= 15 is 0 Å². The molecule has 4 aromatic carbocycles. The Bertz CT molecular complexity index is 1440. The average molecular weight is 556 g/mol. The van der Waals surface area contributed by atoms with Gasteiger partial charge in [0, 0.05) is 55.5 Å². The van der Waals surface area contributed by atoms with Crippen LogP contribution in [-0.4, -0.2) is 45.2 Å². The van der Waals surface area contributed by atoms with Crippen molar-refractivity contribution in [3.63, 3.8) is 0 Å². The van der Waals surface area contributed by atoms with E-state index in [0.29, 0.717) is 34.4 Å². The number of methoxy groups -OCH3 is 1. The molecule has 4 N–H and O–H groups in total. The SMILES string of the molecule is CN(c1cc(F)cc(/C=C/C=O)c1)C(O)c1ccc(-c2ccc(N)c(C=N)c2)cc1.COC.O=Cc1ccccc1. The van der Waals surface area contributed by atoms with Crippen LogP contribution >= 0.6 is 0 Å². The van der Waals surface area contributed by atoms with Crippen molar-refractivity contribution in [1.82, 2.24) is 0 Å². The standard InChI is InChI=1S/C24H22FN3O2.C7H6O.C2H6O/c1-28(22-12-16(3-2-10-29)11-21(25)14-22)24(30)18-6-4-17(5-7-18)19-8-9-23(27)20(13-19)15-26;8-6-7-4-2-1-3-5-7;1-3-2/h2-15,24,26,30H,27H2,1H3;1-6H;1-2H3/b3-2+,26-15?;;. The second kappa shape index (κ2) is 16.9. The zero-order chi connectivity index (χ0) is 30.2. The Morgan fingerprint density at radius 3 is 2.10 bits per heavy atom. The number of carbonyl (C=O) groups is 2. The maximum Gasteiger partial charge on any atom is 0.153 e. The number of halogens is 1. The summed E-state index contributed by atoms with van der Waals surface area (Å²) in [5.41, 5.74) is 11.2. The average Bonchev–Trinajstić information content (AvgIpc) is 3.00. The number of hydrogen-bond donors (Lipinski definition) is 3. The van der Waals surface area contributed by atoms with Crippen LogP contribution < -0.4 is 10.6 Å². The van der Waals surface area contributed by atoms with Crippen molar-refractivity contribution < 1.29 is 23.8 Å². The van der Waals surface area contributed by atoms with Crippen LogP contribution in [-0.2, 0) is 9.53 Å². The Hall–Kier alpha value is -4.92. The summed E-state index contributed by atoms with van der Waals surface area (Å²) in [6.45, 7) is 0. The lowest BCUT2D eigenvalue weighted by atomic mass is 10.0. The number of carbonyl (C=O) groups excluding carboxylic acids is 2. The van der Waals surface area contributed by atoms with Crippen LogP contribution in [0.4, 0.5) is 15.8 Å². The van der Waals surface area contributed by atoms with Crippen LogP contribution in [0.25, 0.3) is 17.2 Å². The first-order chi connectivity index (χ1) is 19.8. The molecule has 0 aliphatic carbocycles. The van der Waals surface area contributed by atoms with E-state index in [1.165, 1.54) is 30.5 Å². The second-order valence-corrected chi connectivity index (χ2v) is 8.77. The summed E-state index contributed by atoms with van der Waals surface area (Å²) in [6, 6.07) is 26.2. The van der Waals surface area contributed by atoms with Gasteiger partial charge < -0.3 is 25.9 Å². The molecule has 0 bridgehead atoms. The van der Waals surface area contributed by atoms with E-state index in [9.17, 15) is 19.1 Å². The number of nitrogen functional groups attached to an aromatic ring is 1. The monoisotopic (exact) mass is 555 g/mol. The molecular formula is C33H34FN3O4. The van der Waals surface area contributed by atoms with Gasteiger partial charge in [0.15, 0.2) is 6.23 Å². The summed E-state index contributed by atoms with van der Waals surface area (Å²) in [5, 5.41) is 18.2. The first kappa shape index (κ1) is 32.3. The Morgan fingerprint density at radius 1 is 0.902 bits per heavy atom. The molecule has 0 aliphatic heterocycles. The molecule has 8 heteroatoms. The highest BCUT2D eigenvalue weighted by Gasteiger charge is 2.16. The topological polar surface area (TPSA) is 117 Å². The number of allylic oxidation sites excluding steroid dienone is 1. The molecule has 0 saturated heterocycles. The van der Waals surface area contributed by atoms with Gasteiger partial charge in [-0.25, -0.2) is 4.39 Å². The number of nitrogens with two attached hydrogens (primary N) is 1. The molecule has 0 aliphatic rings. The van der Waals surface area contributed by atoms with Crippen LogP contribution in [0.5, 0.6) is 0 Å². The van der Waals surface area contributed by atoms with Gasteiger partial charge >= 0.3 is 0 Å². The highest BCUT2D eigenvalue weighted by atomic mass is 19.1. The van der Waals surface area contributed by atoms with Gasteiger partial charge in [-0.15, -0.1) is 0 Å². The lowest BCUT2D eigenvalue weighted by Gasteiger charge is -2.26. The first-order valence-electron chi connectivity index (χ1n) is 12.5.